The number of carbonyl (C=O) groups excluding carboxylic acids is 1. The number of rotatable bonds is 7. The molecule has 0 unspecified atom stereocenters. The third kappa shape index (κ3) is 5.49. The van der Waals surface area contributed by atoms with Crippen molar-refractivity contribution in [2.24, 2.45) is 0 Å². The second-order valence-corrected chi connectivity index (χ2v) is 6.77. The minimum Gasteiger partial charge on any atom is -0.398 e. The Morgan fingerprint density at radius 3 is 2.72 bits per heavy atom. The number of benzene rings is 2. The average Bonchev–Trinajstić information content (AvgIpc) is 2.71. The molecule has 1 fully saturated rings. The lowest BCUT2D eigenvalue weighted by atomic mass is 10.1. The average molecular weight is 403 g/mol. The molecule has 0 spiro atoms. The van der Waals surface area contributed by atoms with Gasteiger partial charge >= 0.3 is 5.69 Å². The molecule has 0 atom stereocenters. The summed E-state index contributed by atoms with van der Waals surface area (Å²) >= 11 is 0. The first-order chi connectivity index (χ1) is 13.9. The lowest BCUT2D eigenvalue weighted by molar-refractivity contribution is -0.387. The predicted molar refractivity (Wildman–Crippen MR) is 104 cm³/mol. The molecular weight excluding hydrogens is 381 g/mol. The molecule has 8 nitrogen and oxygen atoms in total. The van der Waals surface area contributed by atoms with Crippen molar-refractivity contribution in [3.8, 4) is 0 Å². The summed E-state index contributed by atoms with van der Waals surface area (Å²) in [6.45, 7) is 2.07. The number of nitrogens with two attached hydrogens (primary N) is 1. The zero-order valence-corrected chi connectivity index (χ0v) is 15.7. The van der Waals surface area contributed by atoms with Crippen molar-refractivity contribution in [2.45, 2.75) is 32.1 Å². The fraction of sp³-hybridized carbons (Fsp3) is 0.350. The first kappa shape index (κ1) is 20.7. The standard InChI is InChI=1S/C20H22FN3O5/c21-17-10-18(22)16(9-19(17)24(26)27)20(25)23-11-13-2-1-3-14(8-13)12-29-15-4-6-28-7-5-15/h1-3,8-10,15H,4-7,11-12,22H2,(H,23,25). The summed E-state index contributed by atoms with van der Waals surface area (Å²) < 4.78 is 24.8. The summed E-state index contributed by atoms with van der Waals surface area (Å²) in [6.07, 6.45) is 1.94. The van der Waals surface area contributed by atoms with Crippen molar-refractivity contribution in [1.82, 2.24) is 5.32 Å². The Morgan fingerprint density at radius 1 is 1.28 bits per heavy atom. The van der Waals surface area contributed by atoms with Crippen molar-refractivity contribution in [2.75, 3.05) is 18.9 Å². The third-order valence-electron chi connectivity index (χ3n) is 4.66. The van der Waals surface area contributed by atoms with Gasteiger partial charge in [0.05, 0.1) is 23.2 Å². The SMILES string of the molecule is Nc1cc(F)c([N+](=O)[O-])cc1C(=O)NCc1cccc(COC2CCOCC2)c1. The summed E-state index contributed by atoms with van der Waals surface area (Å²) in [4.78, 5) is 22.3. The number of amides is 1. The molecule has 1 saturated heterocycles. The van der Waals surface area contributed by atoms with E-state index in [-0.39, 0.29) is 23.9 Å². The van der Waals surface area contributed by atoms with Crippen LogP contribution < -0.4 is 11.1 Å². The number of halogens is 1. The molecule has 0 aliphatic carbocycles. The maximum absolute atomic E-state index is 13.6. The van der Waals surface area contributed by atoms with Crippen LogP contribution in [0.4, 0.5) is 15.8 Å². The van der Waals surface area contributed by atoms with Crippen molar-refractivity contribution >= 4 is 17.3 Å². The number of ether oxygens (including phenoxy) is 2. The summed E-state index contributed by atoms with van der Waals surface area (Å²) in [5.74, 6) is -1.70. The highest BCUT2D eigenvalue weighted by molar-refractivity contribution is 5.99. The Balaban J connectivity index is 1.60. The van der Waals surface area contributed by atoms with Crippen molar-refractivity contribution < 1.29 is 23.6 Å². The molecule has 1 aliphatic heterocycles. The van der Waals surface area contributed by atoms with E-state index in [1.54, 1.807) is 0 Å². The van der Waals surface area contributed by atoms with Crippen LogP contribution in [0.2, 0.25) is 0 Å². The number of nitrogens with zero attached hydrogens (tertiary/aromatic N) is 1. The summed E-state index contributed by atoms with van der Waals surface area (Å²) in [7, 11) is 0. The predicted octanol–water partition coefficient (Wildman–Crippen LogP) is 2.94. The number of nitrogens with one attached hydrogen (secondary N) is 1. The Labute approximate surface area is 166 Å². The molecule has 2 aromatic rings. The van der Waals surface area contributed by atoms with Gasteiger partial charge in [-0.15, -0.1) is 0 Å². The highest BCUT2D eigenvalue weighted by Crippen LogP contribution is 2.24. The van der Waals surface area contributed by atoms with Gasteiger partial charge in [0.15, 0.2) is 0 Å². The molecule has 0 saturated carbocycles. The second kappa shape index (κ2) is 9.44. The minimum atomic E-state index is -1.08. The van der Waals surface area contributed by atoms with Crippen LogP contribution in [0.1, 0.15) is 34.3 Å². The van der Waals surface area contributed by atoms with Crippen molar-refractivity contribution in [3.05, 3.63) is 69.0 Å². The maximum Gasteiger partial charge on any atom is 0.305 e. The maximum atomic E-state index is 13.6. The number of hydrogen-bond acceptors (Lipinski definition) is 6. The Hall–Kier alpha value is -3.04. The van der Waals surface area contributed by atoms with Gasteiger partial charge in [0, 0.05) is 37.6 Å². The molecule has 2 aromatic carbocycles. The molecule has 0 bridgehead atoms. The zero-order chi connectivity index (χ0) is 20.8. The highest BCUT2D eigenvalue weighted by atomic mass is 19.1. The molecule has 1 heterocycles. The van der Waals surface area contributed by atoms with Crippen LogP contribution in [0.15, 0.2) is 36.4 Å². The van der Waals surface area contributed by atoms with Crippen LogP contribution in [0.25, 0.3) is 0 Å². The van der Waals surface area contributed by atoms with E-state index < -0.39 is 22.3 Å². The van der Waals surface area contributed by atoms with E-state index >= 15 is 0 Å². The molecule has 3 rings (SSSR count). The molecule has 1 amide bonds. The number of nitro groups is 1. The molecule has 0 radical (unpaired) electrons. The second-order valence-electron chi connectivity index (χ2n) is 6.77. The van der Waals surface area contributed by atoms with Gasteiger partial charge < -0.3 is 20.5 Å². The Morgan fingerprint density at radius 2 is 2.00 bits per heavy atom. The number of nitrogen functional groups attached to an aromatic ring is 1. The lowest BCUT2D eigenvalue weighted by Gasteiger charge is -2.22. The highest BCUT2D eigenvalue weighted by Gasteiger charge is 2.21. The van der Waals surface area contributed by atoms with Gasteiger partial charge in [-0.3, -0.25) is 14.9 Å². The van der Waals surface area contributed by atoms with Crippen LogP contribution in [0.5, 0.6) is 0 Å². The van der Waals surface area contributed by atoms with Gasteiger partial charge in [-0.25, -0.2) is 0 Å². The fourth-order valence-electron chi connectivity index (χ4n) is 3.08. The van der Waals surface area contributed by atoms with Crippen molar-refractivity contribution in [3.63, 3.8) is 0 Å². The molecule has 154 valence electrons. The van der Waals surface area contributed by atoms with Crippen LogP contribution in [-0.4, -0.2) is 30.1 Å². The van der Waals surface area contributed by atoms with Crippen LogP contribution in [0, 0.1) is 15.9 Å². The Bertz CT molecular complexity index is 900. The third-order valence-corrected chi connectivity index (χ3v) is 4.66. The number of hydrogen-bond donors (Lipinski definition) is 2. The van der Waals surface area contributed by atoms with Gasteiger partial charge in [0.1, 0.15) is 0 Å². The molecule has 29 heavy (non-hydrogen) atoms. The zero-order valence-electron chi connectivity index (χ0n) is 15.7. The molecule has 0 aromatic heterocycles. The van der Waals surface area contributed by atoms with E-state index in [1.165, 1.54) is 0 Å². The van der Waals surface area contributed by atoms with E-state index in [4.69, 9.17) is 15.2 Å². The summed E-state index contributed by atoms with van der Waals surface area (Å²) in [5, 5.41) is 13.5. The fourth-order valence-corrected chi connectivity index (χ4v) is 3.08. The van der Waals surface area contributed by atoms with Crippen LogP contribution in [-0.2, 0) is 22.6 Å². The van der Waals surface area contributed by atoms with Crippen LogP contribution >= 0.6 is 0 Å². The van der Waals surface area contributed by atoms with E-state index in [0.29, 0.717) is 19.8 Å². The smallest absolute Gasteiger partial charge is 0.305 e. The van der Waals surface area contributed by atoms with E-state index in [1.807, 2.05) is 24.3 Å². The molecule has 1 aliphatic rings. The minimum absolute atomic E-state index is 0.142. The van der Waals surface area contributed by atoms with E-state index in [2.05, 4.69) is 5.32 Å². The number of carbonyl (C=O) groups is 1. The normalized spacial score (nSPS) is 14.5. The Kier molecular flexibility index (Phi) is 6.73. The van der Waals surface area contributed by atoms with Crippen LogP contribution in [0.3, 0.4) is 0 Å². The first-order valence-electron chi connectivity index (χ1n) is 9.23. The largest absolute Gasteiger partial charge is 0.398 e. The molecule has 9 heteroatoms. The van der Waals surface area contributed by atoms with Gasteiger partial charge in [0.2, 0.25) is 5.82 Å². The molecule has 3 N–H and O–H groups in total. The van der Waals surface area contributed by atoms with Gasteiger partial charge in [-0.1, -0.05) is 24.3 Å². The van der Waals surface area contributed by atoms with Gasteiger partial charge in [-0.2, -0.15) is 4.39 Å². The van der Waals surface area contributed by atoms with E-state index in [9.17, 15) is 19.3 Å². The summed E-state index contributed by atoms with van der Waals surface area (Å²) in [5.41, 5.74) is 6.35. The van der Waals surface area contributed by atoms with Gasteiger partial charge in [-0.05, 0) is 24.0 Å². The number of anilines is 1. The van der Waals surface area contributed by atoms with E-state index in [0.717, 1.165) is 36.1 Å². The lowest BCUT2D eigenvalue weighted by Crippen LogP contribution is -2.24. The first-order valence-corrected chi connectivity index (χ1v) is 9.23. The quantitative estimate of drug-likeness (QED) is 0.417. The monoisotopic (exact) mass is 403 g/mol. The number of nitro benzene ring substituents is 1. The van der Waals surface area contributed by atoms with Crippen molar-refractivity contribution in [1.29, 1.82) is 0 Å². The summed E-state index contributed by atoms with van der Waals surface area (Å²) in [6, 6.07) is 9.18. The molecular formula is C20H22FN3O5. The topological polar surface area (TPSA) is 117 Å². The van der Waals surface area contributed by atoms with Gasteiger partial charge in [0.25, 0.3) is 5.91 Å².